The molecule has 0 radical (unpaired) electrons. The Hall–Kier alpha value is -2.33. The topological polar surface area (TPSA) is 49.4 Å². The van der Waals surface area contributed by atoms with Crippen LogP contribution in [0.1, 0.15) is 35.3 Å². The highest BCUT2D eigenvalue weighted by atomic mass is 35.5. The lowest BCUT2D eigenvalue weighted by Crippen LogP contribution is -2.38. The Kier molecular flexibility index (Phi) is 5.09. The van der Waals surface area contributed by atoms with Gasteiger partial charge >= 0.3 is 0 Å². The number of benzene rings is 2. The number of nitrogens with one attached hydrogen (secondary N) is 1. The lowest BCUT2D eigenvalue weighted by molar-refractivity contribution is -0.135. The number of rotatable bonds is 3. The molecule has 0 fully saturated rings. The smallest absolute Gasteiger partial charge is 0.255 e. The first kappa shape index (κ1) is 17.5. The number of halogens is 1. The van der Waals surface area contributed by atoms with Crippen LogP contribution in [0.15, 0.2) is 42.5 Å². The second-order valence-corrected chi connectivity index (χ2v) is 7.05. The van der Waals surface area contributed by atoms with E-state index in [4.69, 9.17) is 11.6 Å². The van der Waals surface area contributed by atoms with E-state index in [-0.39, 0.29) is 17.7 Å². The molecule has 0 saturated heterocycles. The Bertz CT molecular complexity index is 800. The molecular formula is C20H21ClN2O2. The van der Waals surface area contributed by atoms with Gasteiger partial charge in [0.1, 0.15) is 0 Å². The van der Waals surface area contributed by atoms with Crippen LogP contribution in [0.25, 0.3) is 0 Å². The van der Waals surface area contributed by atoms with E-state index in [1.165, 1.54) is 5.56 Å². The monoisotopic (exact) mass is 356 g/mol. The van der Waals surface area contributed by atoms with E-state index in [0.29, 0.717) is 17.1 Å². The number of hydrogen-bond donors (Lipinski definition) is 1. The fourth-order valence-electron chi connectivity index (χ4n) is 2.99. The van der Waals surface area contributed by atoms with Gasteiger partial charge in [0, 0.05) is 35.3 Å². The average Bonchev–Trinajstić information content (AvgIpc) is 2.60. The summed E-state index contributed by atoms with van der Waals surface area (Å²) in [7, 11) is 0. The van der Waals surface area contributed by atoms with Gasteiger partial charge in [0.05, 0.1) is 0 Å². The number of amides is 2. The third-order valence-corrected chi connectivity index (χ3v) is 4.64. The summed E-state index contributed by atoms with van der Waals surface area (Å²) in [6, 6.07) is 12.7. The molecule has 1 heterocycles. The van der Waals surface area contributed by atoms with E-state index in [1.54, 1.807) is 24.3 Å². The Morgan fingerprint density at radius 2 is 1.80 bits per heavy atom. The molecule has 4 nitrogen and oxygen atoms in total. The fourth-order valence-corrected chi connectivity index (χ4v) is 3.12. The maximum Gasteiger partial charge on any atom is 0.255 e. The summed E-state index contributed by atoms with van der Waals surface area (Å²) in [5.41, 5.74) is 3.61. The minimum atomic E-state index is -0.178. The van der Waals surface area contributed by atoms with Gasteiger partial charge < -0.3 is 10.2 Å². The molecule has 3 rings (SSSR count). The zero-order valence-corrected chi connectivity index (χ0v) is 15.1. The number of carbonyl (C=O) groups is 2. The van der Waals surface area contributed by atoms with E-state index < -0.39 is 0 Å². The predicted octanol–water partition coefficient (Wildman–Crippen LogP) is 4.13. The van der Waals surface area contributed by atoms with Gasteiger partial charge in [0.25, 0.3) is 5.91 Å². The molecular weight excluding hydrogens is 336 g/mol. The number of carbonyl (C=O) groups excluding carboxylic acids is 2. The molecule has 0 saturated carbocycles. The van der Waals surface area contributed by atoms with E-state index in [9.17, 15) is 9.59 Å². The van der Waals surface area contributed by atoms with Crippen molar-refractivity contribution < 1.29 is 9.59 Å². The zero-order chi connectivity index (χ0) is 18.0. The van der Waals surface area contributed by atoms with E-state index in [2.05, 4.69) is 5.32 Å². The fraction of sp³-hybridized carbons (Fsp3) is 0.300. The molecule has 5 heteroatoms. The van der Waals surface area contributed by atoms with Gasteiger partial charge in [-0.1, -0.05) is 31.5 Å². The van der Waals surface area contributed by atoms with Gasteiger partial charge in [0.2, 0.25) is 5.91 Å². The number of anilines is 1. The van der Waals surface area contributed by atoms with Crippen LogP contribution in [0.5, 0.6) is 0 Å². The second kappa shape index (κ2) is 7.28. The van der Waals surface area contributed by atoms with Crippen LogP contribution in [0.3, 0.4) is 0 Å². The summed E-state index contributed by atoms with van der Waals surface area (Å²) in [6.45, 7) is 5.18. The number of hydrogen-bond acceptors (Lipinski definition) is 2. The Morgan fingerprint density at radius 3 is 2.48 bits per heavy atom. The first-order valence-corrected chi connectivity index (χ1v) is 8.79. The minimum Gasteiger partial charge on any atom is -0.338 e. The highest BCUT2D eigenvalue weighted by Gasteiger charge is 2.22. The summed E-state index contributed by atoms with van der Waals surface area (Å²) in [6.07, 6.45) is 0.846. The van der Waals surface area contributed by atoms with Crippen LogP contribution in [0, 0.1) is 5.92 Å². The molecule has 0 bridgehead atoms. The molecule has 1 aliphatic rings. The highest BCUT2D eigenvalue weighted by Crippen LogP contribution is 2.24. The first-order valence-electron chi connectivity index (χ1n) is 8.41. The molecule has 2 aromatic rings. The Balaban J connectivity index is 1.75. The van der Waals surface area contributed by atoms with E-state index in [0.717, 1.165) is 24.2 Å². The zero-order valence-electron chi connectivity index (χ0n) is 14.4. The molecule has 0 atom stereocenters. The molecule has 0 aromatic heterocycles. The van der Waals surface area contributed by atoms with Crippen LogP contribution in [-0.4, -0.2) is 23.3 Å². The van der Waals surface area contributed by atoms with Crippen molar-refractivity contribution in [3.8, 4) is 0 Å². The van der Waals surface area contributed by atoms with Crippen molar-refractivity contribution in [1.82, 2.24) is 4.90 Å². The lowest BCUT2D eigenvalue weighted by Gasteiger charge is -2.30. The molecule has 130 valence electrons. The molecule has 2 amide bonds. The van der Waals surface area contributed by atoms with Crippen LogP contribution in [-0.2, 0) is 17.8 Å². The van der Waals surface area contributed by atoms with E-state index >= 15 is 0 Å². The largest absolute Gasteiger partial charge is 0.338 e. The third kappa shape index (κ3) is 4.02. The lowest BCUT2D eigenvalue weighted by atomic mass is 9.98. The SMILES string of the molecule is CC(C)C(=O)N1CCc2ccc(NC(=O)c3ccc(Cl)cc3)cc2C1. The third-order valence-electron chi connectivity index (χ3n) is 4.39. The maximum atomic E-state index is 12.3. The van der Waals surface area contributed by atoms with Crippen molar-refractivity contribution in [3.05, 3.63) is 64.2 Å². The Morgan fingerprint density at radius 1 is 1.08 bits per heavy atom. The van der Waals surface area contributed by atoms with Crippen molar-refractivity contribution in [3.63, 3.8) is 0 Å². The summed E-state index contributed by atoms with van der Waals surface area (Å²) >= 11 is 5.85. The predicted molar refractivity (Wildman–Crippen MR) is 99.8 cm³/mol. The van der Waals surface area contributed by atoms with Gasteiger partial charge in [-0.2, -0.15) is 0 Å². The molecule has 2 aromatic carbocycles. The van der Waals surface area contributed by atoms with Crippen LogP contribution < -0.4 is 5.32 Å². The first-order chi connectivity index (χ1) is 11.9. The van der Waals surface area contributed by atoms with Crippen molar-refractivity contribution in [1.29, 1.82) is 0 Å². The normalized spacial score (nSPS) is 13.5. The van der Waals surface area contributed by atoms with Crippen molar-refractivity contribution in [2.45, 2.75) is 26.8 Å². The van der Waals surface area contributed by atoms with Gasteiger partial charge in [-0.3, -0.25) is 9.59 Å². The van der Waals surface area contributed by atoms with Gasteiger partial charge in [-0.25, -0.2) is 0 Å². The molecule has 0 unspecified atom stereocenters. The molecule has 25 heavy (non-hydrogen) atoms. The summed E-state index contributed by atoms with van der Waals surface area (Å²) < 4.78 is 0. The second-order valence-electron chi connectivity index (χ2n) is 6.61. The summed E-state index contributed by atoms with van der Waals surface area (Å²) in [5.74, 6) is -0.0156. The van der Waals surface area contributed by atoms with Crippen LogP contribution in [0.2, 0.25) is 5.02 Å². The quantitative estimate of drug-likeness (QED) is 0.898. The molecule has 0 spiro atoms. The summed E-state index contributed by atoms with van der Waals surface area (Å²) in [4.78, 5) is 26.5. The molecule has 1 aliphatic heterocycles. The number of nitrogens with zero attached hydrogens (tertiary/aromatic N) is 1. The average molecular weight is 357 g/mol. The maximum absolute atomic E-state index is 12.3. The molecule has 0 aliphatic carbocycles. The standard InChI is InChI=1S/C20H21ClN2O2/c1-13(2)20(25)23-10-9-14-5-8-18(11-16(14)12-23)22-19(24)15-3-6-17(21)7-4-15/h3-8,11,13H,9-10,12H2,1-2H3,(H,22,24). The van der Waals surface area contributed by atoms with Crippen molar-refractivity contribution in [2.75, 3.05) is 11.9 Å². The summed E-state index contributed by atoms with van der Waals surface area (Å²) in [5, 5.41) is 3.51. The van der Waals surface area contributed by atoms with Crippen molar-refractivity contribution in [2.24, 2.45) is 5.92 Å². The molecule has 1 N–H and O–H groups in total. The highest BCUT2D eigenvalue weighted by molar-refractivity contribution is 6.30. The van der Waals surface area contributed by atoms with Crippen LogP contribution >= 0.6 is 11.6 Å². The van der Waals surface area contributed by atoms with E-state index in [1.807, 2.05) is 36.9 Å². The minimum absolute atomic E-state index is 0.00524. The Labute approximate surface area is 152 Å². The number of fused-ring (bicyclic) bond motifs is 1. The van der Waals surface area contributed by atoms with Gasteiger partial charge in [-0.05, 0) is 53.9 Å². The van der Waals surface area contributed by atoms with Crippen molar-refractivity contribution >= 4 is 29.1 Å². The van der Waals surface area contributed by atoms with Gasteiger partial charge in [-0.15, -0.1) is 0 Å². The van der Waals surface area contributed by atoms with Crippen LogP contribution in [0.4, 0.5) is 5.69 Å². The van der Waals surface area contributed by atoms with Gasteiger partial charge in [0.15, 0.2) is 0 Å².